The monoisotopic (exact) mass is 114 g/mol. The van der Waals surface area contributed by atoms with E-state index >= 15 is 0 Å². The van der Waals surface area contributed by atoms with Crippen molar-refractivity contribution >= 4 is 11.7 Å². The van der Waals surface area contributed by atoms with Crippen LogP contribution in [0.15, 0.2) is 0 Å². The molecule has 44 valence electrons. The summed E-state index contributed by atoms with van der Waals surface area (Å²) in [6, 6.07) is 0. The van der Waals surface area contributed by atoms with E-state index in [1.165, 1.54) is 6.92 Å². The van der Waals surface area contributed by atoms with Crippen molar-refractivity contribution in [1.29, 1.82) is 0 Å². The Kier molecular flexibility index (Phi) is 0.710. The number of amides is 1. The van der Waals surface area contributed by atoms with Crippen LogP contribution in [-0.2, 0) is 9.59 Å². The zero-order valence-corrected chi connectivity index (χ0v) is 4.39. The SMILES string of the molecule is CC(=O)C1(N)NC1=O. The number of carbonyl (C=O) groups excluding carboxylic acids is 2. The number of nitrogens with two attached hydrogens (primary N) is 1. The average Bonchev–Trinajstić information content (AvgIpc) is 2.17. The molecular formula is C4H6N2O2. The first kappa shape index (κ1) is 5.24. The molecule has 0 saturated carbocycles. The van der Waals surface area contributed by atoms with E-state index in [9.17, 15) is 9.59 Å². The third-order valence-corrected chi connectivity index (χ3v) is 1.16. The van der Waals surface area contributed by atoms with Crippen molar-refractivity contribution in [2.24, 2.45) is 5.73 Å². The Bertz CT molecular complexity index is 165. The number of rotatable bonds is 1. The van der Waals surface area contributed by atoms with E-state index in [1.54, 1.807) is 0 Å². The van der Waals surface area contributed by atoms with Crippen molar-refractivity contribution in [2.45, 2.75) is 12.6 Å². The molecule has 1 atom stereocenters. The highest BCUT2D eigenvalue weighted by atomic mass is 16.2. The molecule has 1 unspecified atom stereocenters. The van der Waals surface area contributed by atoms with Crippen molar-refractivity contribution in [2.75, 3.05) is 0 Å². The largest absolute Gasteiger partial charge is 0.320 e. The maximum absolute atomic E-state index is 10.3. The van der Waals surface area contributed by atoms with Gasteiger partial charge in [0.1, 0.15) is 0 Å². The Morgan fingerprint density at radius 1 is 1.88 bits per heavy atom. The summed E-state index contributed by atoms with van der Waals surface area (Å²) < 4.78 is 0. The molecule has 1 heterocycles. The molecule has 0 aliphatic carbocycles. The molecule has 8 heavy (non-hydrogen) atoms. The number of hydrogen-bond donors (Lipinski definition) is 2. The lowest BCUT2D eigenvalue weighted by molar-refractivity contribution is -0.122. The molecule has 0 aromatic rings. The van der Waals surface area contributed by atoms with E-state index in [1.807, 2.05) is 0 Å². The van der Waals surface area contributed by atoms with E-state index in [0.29, 0.717) is 0 Å². The van der Waals surface area contributed by atoms with Crippen LogP contribution in [0.25, 0.3) is 0 Å². The van der Waals surface area contributed by atoms with Gasteiger partial charge in [0.15, 0.2) is 5.78 Å². The van der Waals surface area contributed by atoms with Crippen LogP contribution in [-0.4, -0.2) is 17.4 Å². The summed E-state index contributed by atoms with van der Waals surface area (Å²) in [5.74, 6) is -0.715. The van der Waals surface area contributed by atoms with Gasteiger partial charge in [-0.15, -0.1) is 0 Å². The molecule has 1 saturated heterocycles. The number of hydrogen-bond acceptors (Lipinski definition) is 3. The van der Waals surface area contributed by atoms with Crippen molar-refractivity contribution in [1.82, 2.24) is 5.32 Å². The van der Waals surface area contributed by atoms with Gasteiger partial charge < -0.3 is 5.32 Å². The molecule has 1 fully saturated rings. The fourth-order valence-corrected chi connectivity index (χ4v) is 0.396. The van der Waals surface area contributed by atoms with Crippen LogP contribution in [0.1, 0.15) is 6.92 Å². The third-order valence-electron chi connectivity index (χ3n) is 1.16. The van der Waals surface area contributed by atoms with Crippen LogP contribution in [0.4, 0.5) is 0 Å². The summed E-state index contributed by atoms with van der Waals surface area (Å²) in [5, 5.41) is 2.20. The van der Waals surface area contributed by atoms with Crippen LogP contribution in [0.2, 0.25) is 0 Å². The number of Topliss-reactive ketones (excluding diaryl/α,β-unsaturated/α-hetero) is 1. The zero-order chi connectivity index (χ0) is 6.36. The van der Waals surface area contributed by atoms with Gasteiger partial charge in [0.05, 0.1) is 0 Å². The second-order valence-electron chi connectivity index (χ2n) is 1.82. The van der Waals surface area contributed by atoms with Gasteiger partial charge in [-0.1, -0.05) is 0 Å². The molecule has 0 bridgehead atoms. The highest BCUT2D eigenvalue weighted by Crippen LogP contribution is 2.10. The van der Waals surface area contributed by atoms with Gasteiger partial charge in [-0.05, 0) is 6.92 Å². The van der Waals surface area contributed by atoms with Crippen molar-refractivity contribution in [3.05, 3.63) is 0 Å². The topological polar surface area (TPSA) is 82.1 Å². The number of nitrogens with one attached hydrogen (secondary N) is 1. The Morgan fingerprint density at radius 2 is 2.25 bits per heavy atom. The first-order valence-electron chi connectivity index (χ1n) is 2.20. The minimum absolute atomic E-state index is 0.331. The van der Waals surface area contributed by atoms with Crippen molar-refractivity contribution in [3.63, 3.8) is 0 Å². The Balaban J connectivity index is 2.73. The molecule has 1 aliphatic heterocycles. The van der Waals surface area contributed by atoms with Gasteiger partial charge >= 0.3 is 0 Å². The van der Waals surface area contributed by atoms with E-state index < -0.39 is 5.66 Å². The molecule has 1 rings (SSSR count). The zero-order valence-electron chi connectivity index (χ0n) is 4.39. The lowest BCUT2D eigenvalue weighted by Gasteiger charge is -1.92. The molecule has 0 radical (unpaired) electrons. The quantitative estimate of drug-likeness (QED) is 0.317. The van der Waals surface area contributed by atoms with Crippen LogP contribution in [0.5, 0.6) is 0 Å². The first-order valence-corrected chi connectivity index (χ1v) is 2.20. The molecule has 4 nitrogen and oxygen atoms in total. The van der Waals surface area contributed by atoms with E-state index in [0.717, 1.165) is 0 Å². The molecule has 1 aliphatic rings. The Labute approximate surface area is 46.0 Å². The second kappa shape index (κ2) is 1.08. The maximum atomic E-state index is 10.3. The second-order valence-corrected chi connectivity index (χ2v) is 1.82. The van der Waals surface area contributed by atoms with E-state index in [4.69, 9.17) is 5.73 Å². The van der Waals surface area contributed by atoms with E-state index in [-0.39, 0.29) is 11.7 Å². The fraction of sp³-hybridized carbons (Fsp3) is 0.500. The van der Waals surface area contributed by atoms with Gasteiger partial charge in [0.25, 0.3) is 5.91 Å². The predicted octanol–water partition coefficient (Wildman–Crippen LogP) is -1.64. The summed E-state index contributed by atoms with van der Waals surface area (Å²) in [6.07, 6.45) is 0. The van der Waals surface area contributed by atoms with Crippen LogP contribution in [0, 0.1) is 0 Å². The molecule has 4 heteroatoms. The smallest absolute Gasteiger partial charge is 0.270 e. The lowest BCUT2D eigenvalue weighted by Crippen LogP contribution is -2.36. The van der Waals surface area contributed by atoms with Gasteiger partial charge in [0.2, 0.25) is 5.66 Å². The van der Waals surface area contributed by atoms with Crippen LogP contribution < -0.4 is 11.1 Å². The minimum Gasteiger partial charge on any atom is -0.320 e. The van der Waals surface area contributed by atoms with Gasteiger partial charge in [-0.2, -0.15) is 0 Å². The Hall–Kier alpha value is -0.900. The van der Waals surface area contributed by atoms with Crippen molar-refractivity contribution < 1.29 is 9.59 Å². The molecule has 3 N–H and O–H groups in total. The summed E-state index contributed by atoms with van der Waals surface area (Å²) in [7, 11) is 0. The molecule has 0 spiro atoms. The standard InChI is InChI=1S/C4H6N2O2/c1-2(7)4(5)3(8)6-4/h5H2,1H3,(H,6,8). The highest BCUT2D eigenvalue weighted by Gasteiger charge is 2.54. The maximum Gasteiger partial charge on any atom is 0.270 e. The molecule has 0 aromatic heterocycles. The summed E-state index contributed by atoms with van der Waals surface area (Å²) in [6.45, 7) is 1.28. The number of carbonyl (C=O) groups is 2. The van der Waals surface area contributed by atoms with Crippen molar-refractivity contribution in [3.8, 4) is 0 Å². The summed E-state index contributed by atoms with van der Waals surface area (Å²) in [5.41, 5.74) is 3.80. The van der Waals surface area contributed by atoms with E-state index in [2.05, 4.69) is 5.32 Å². The highest BCUT2D eigenvalue weighted by molar-refractivity contribution is 6.21. The van der Waals surface area contributed by atoms with Gasteiger partial charge in [-0.25, -0.2) is 0 Å². The minimum atomic E-state index is -1.32. The van der Waals surface area contributed by atoms with Gasteiger partial charge in [0, 0.05) is 0 Å². The van der Waals surface area contributed by atoms with Crippen LogP contribution in [0.3, 0.4) is 0 Å². The third kappa shape index (κ3) is 0.431. The molecular weight excluding hydrogens is 108 g/mol. The normalized spacial score (nSPS) is 34.0. The summed E-state index contributed by atoms with van der Waals surface area (Å²) >= 11 is 0. The fourth-order valence-electron chi connectivity index (χ4n) is 0.396. The van der Waals surface area contributed by atoms with Gasteiger partial charge in [-0.3, -0.25) is 15.3 Å². The lowest BCUT2D eigenvalue weighted by atomic mass is 10.2. The first-order chi connectivity index (χ1) is 3.57. The summed E-state index contributed by atoms with van der Waals surface area (Å²) in [4.78, 5) is 20.5. The average molecular weight is 114 g/mol. The molecule has 1 amide bonds. The predicted molar refractivity (Wildman–Crippen MR) is 25.7 cm³/mol. The molecule has 0 aromatic carbocycles. The van der Waals surface area contributed by atoms with Crippen LogP contribution >= 0.6 is 0 Å². The Morgan fingerprint density at radius 3 is 2.25 bits per heavy atom. The number of ketones is 1.